The molecule has 3 heteroatoms. The Morgan fingerprint density at radius 3 is 2.75 bits per heavy atom. The number of rotatable bonds is 0. The first-order chi connectivity index (χ1) is 5.88. The summed E-state index contributed by atoms with van der Waals surface area (Å²) < 4.78 is 11.2. The summed E-state index contributed by atoms with van der Waals surface area (Å²) in [5, 5.41) is 3.14. The maximum absolute atomic E-state index is 5.69. The molecule has 1 atom stereocenters. The van der Waals surface area contributed by atoms with E-state index in [4.69, 9.17) is 9.47 Å². The van der Waals surface area contributed by atoms with E-state index in [-0.39, 0.29) is 5.72 Å². The second-order valence-corrected chi connectivity index (χ2v) is 3.19. The van der Waals surface area contributed by atoms with Gasteiger partial charge >= 0.3 is 0 Å². The zero-order valence-corrected chi connectivity index (χ0v) is 6.54. The van der Waals surface area contributed by atoms with Gasteiger partial charge in [0.1, 0.15) is 6.61 Å². The fourth-order valence-electron chi connectivity index (χ4n) is 1.36. The number of fused-ring (bicyclic) bond motifs is 1. The predicted octanol–water partition coefficient (Wildman–Crippen LogP) is 0.757. The Morgan fingerprint density at radius 1 is 1.25 bits per heavy atom. The van der Waals surface area contributed by atoms with Gasteiger partial charge in [0, 0.05) is 0 Å². The molecule has 1 fully saturated rings. The number of benzene rings is 1. The molecule has 2 aliphatic rings. The average Bonchev–Trinajstić information content (AvgIpc) is 2.85. The van der Waals surface area contributed by atoms with Crippen LogP contribution in [0.25, 0.3) is 0 Å². The molecule has 1 aromatic rings. The smallest absolute Gasteiger partial charge is 0.208 e. The first kappa shape index (κ1) is 6.31. The Balaban J connectivity index is 2.01. The lowest BCUT2D eigenvalue weighted by Crippen LogP contribution is -2.35. The van der Waals surface area contributed by atoms with Gasteiger partial charge < -0.3 is 9.47 Å². The monoisotopic (exact) mass is 163 g/mol. The summed E-state index contributed by atoms with van der Waals surface area (Å²) in [6, 6.07) is 7.74. The van der Waals surface area contributed by atoms with Crippen LogP contribution in [0.15, 0.2) is 24.3 Å². The van der Waals surface area contributed by atoms with Crippen LogP contribution in [0.3, 0.4) is 0 Å². The first-order valence-corrected chi connectivity index (χ1v) is 4.04. The Kier molecular flexibility index (Phi) is 1.01. The standard InChI is InChI=1S/C9H9NO2/c1-2-4-8-7(3-1)11-6-9(12-8)5-10-9/h1-4,10H,5-6H2. The van der Waals surface area contributed by atoms with Gasteiger partial charge in [-0.2, -0.15) is 0 Å². The predicted molar refractivity (Wildman–Crippen MR) is 43.3 cm³/mol. The van der Waals surface area contributed by atoms with Crippen LogP contribution in [0.5, 0.6) is 11.5 Å². The summed E-state index contributed by atoms with van der Waals surface area (Å²) >= 11 is 0. The summed E-state index contributed by atoms with van der Waals surface area (Å²) in [6.45, 7) is 1.51. The fourth-order valence-corrected chi connectivity index (χ4v) is 1.36. The zero-order valence-electron chi connectivity index (χ0n) is 6.54. The van der Waals surface area contributed by atoms with Gasteiger partial charge in [0.2, 0.25) is 5.72 Å². The van der Waals surface area contributed by atoms with E-state index < -0.39 is 0 Å². The van der Waals surface area contributed by atoms with Crippen molar-refractivity contribution in [1.29, 1.82) is 0 Å². The molecule has 62 valence electrons. The van der Waals surface area contributed by atoms with Crippen LogP contribution >= 0.6 is 0 Å². The van der Waals surface area contributed by atoms with E-state index in [9.17, 15) is 0 Å². The molecular formula is C9H9NO2. The summed E-state index contributed by atoms with van der Waals surface area (Å²) in [5.41, 5.74) is -0.200. The molecule has 3 rings (SSSR count). The molecule has 0 amide bonds. The van der Waals surface area contributed by atoms with Crippen LogP contribution < -0.4 is 14.8 Å². The van der Waals surface area contributed by atoms with Gasteiger partial charge in [-0.3, -0.25) is 5.32 Å². The molecule has 0 bridgehead atoms. The third-order valence-corrected chi connectivity index (χ3v) is 2.19. The number of para-hydroxylation sites is 2. The summed E-state index contributed by atoms with van der Waals surface area (Å²) in [5.74, 6) is 1.69. The van der Waals surface area contributed by atoms with Gasteiger partial charge in [-0.25, -0.2) is 0 Å². The van der Waals surface area contributed by atoms with Crippen LogP contribution in [0, 0.1) is 0 Å². The highest BCUT2D eigenvalue weighted by Gasteiger charge is 2.48. The topological polar surface area (TPSA) is 40.4 Å². The molecule has 0 saturated carbocycles. The summed E-state index contributed by atoms with van der Waals surface area (Å²) in [4.78, 5) is 0. The van der Waals surface area contributed by atoms with Crippen molar-refractivity contribution in [2.75, 3.05) is 13.2 Å². The van der Waals surface area contributed by atoms with Crippen molar-refractivity contribution in [2.45, 2.75) is 5.72 Å². The van der Waals surface area contributed by atoms with E-state index in [0.29, 0.717) is 6.61 Å². The number of hydrogen-bond acceptors (Lipinski definition) is 3. The second-order valence-electron chi connectivity index (χ2n) is 3.19. The van der Waals surface area contributed by atoms with E-state index in [2.05, 4.69) is 5.32 Å². The lowest BCUT2D eigenvalue weighted by atomic mass is 10.3. The van der Waals surface area contributed by atoms with Crippen molar-refractivity contribution < 1.29 is 9.47 Å². The van der Waals surface area contributed by atoms with Crippen LogP contribution in [-0.2, 0) is 0 Å². The summed E-state index contributed by atoms with van der Waals surface area (Å²) in [6.07, 6.45) is 0. The first-order valence-electron chi connectivity index (χ1n) is 4.04. The molecule has 0 radical (unpaired) electrons. The van der Waals surface area contributed by atoms with Crippen LogP contribution in [-0.4, -0.2) is 18.9 Å². The van der Waals surface area contributed by atoms with Gasteiger partial charge in [-0.1, -0.05) is 12.1 Å². The molecule has 1 N–H and O–H groups in total. The van der Waals surface area contributed by atoms with Crippen molar-refractivity contribution in [1.82, 2.24) is 5.32 Å². The van der Waals surface area contributed by atoms with Crippen molar-refractivity contribution >= 4 is 0 Å². The molecule has 1 spiro atoms. The van der Waals surface area contributed by atoms with Crippen molar-refractivity contribution in [3.8, 4) is 11.5 Å². The SMILES string of the molecule is c1ccc2c(c1)OCC1(CN1)O2. The molecule has 3 nitrogen and oxygen atoms in total. The number of hydrogen-bond donors (Lipinski definition) is 1. The highest BCUT2D eigenvalue weighted by atomic mass is 16.6. The normalized spacial score (nSPS) is 30.3. The molecule has 1 saturated heterocycles. The largest absolute Gasteiger partial charge is 0.484 e. The second kappa shape index (κ2) is 1.93. The Labute approximate surface area is 70.3 Å². The molecular weight excluding hydrogens is 154 g/mol. The van der Waals surface area contributed by atoms with E-state index in [1.807, 2.05) is 24.3 Å². The molecule has 1 unspecified atom stereocenters. The maximum atomic E-state index is 5.69. The van der Waals surface area contributed by atoms with E-state index in [1.54, 1.807) is 0 Å². The van der Waals surface area contributed by atoms with E-state index in [1.165, 1.54) is 0 Å². The van der Waals surface area contributed by atoms with E-state index >= 15 is 0 Å². The molecule has 1 aromatic carbocycles. The van der Waals surface area contributed by atoms with Gasteiger partial charge in [-0.15, -0.1) is 0 Å². The Hall–Kier alpha value is -1.22. The number of ether oxygens (including phenoxy) is 2. The molecule has 2 heterocycles. The fraction of sp³-hybridized carbons (Fsp3) is 0.333. The minimum Gasteiger partial charge on any atom is -0.484 e. The minimum absolute atomic E-state index is 0.200. The number of nitrogens with one attached hydrogen (secondary N) is 1. The van der Waals surface area contributed by atoms with Gasteiger partial charge in [-0.05, 0) is 12.1 Å². The Morgan fingerprint density at radius 2 is 2.00 bits per heavy atom. The van der Waals surface area contributed by atoms with Gasteiger partial charge in [0.25, 0.3) is 0 Å². The zero-order chi connectivity index (χ0) is 8.02. The third kappa shape index (κ3) is 0.800. The Bertz CT molecular complexity index is 320. The van der Waals surface area contributed by atoms with Crippen molar-refractivity contribution in [3.05, 3.63) is 24.3 Å². The van der Waals surface area contributed by atoms with Gasteiger partial charge in [0.15, 0.2) is 11.5 Å². The summed E-state index contributed by atoms with van der Waals surface area (Å²) in [7, 11) is 0. The molecule has 0 aromatic heterocycles. The van der Waals surface area contributed by atoms with Crippen LogP contribution in [0.1, 0.15) is 0 Å². The quantitative estimate of drug-likeness (QED) is 0.574. The maximum Gasteiger partial charge on any atom is 0.208 e. The van der Waals surface area contributed by atoms with Crippen LogP contribution in [0.4, 0.5) is 0 Å². The van der Waals surface area contributed by atoms with Crippen LogP contribution in [0.2, 0.25) is 0 Å². The average molecular weight is 163 g/mol. The van der Waals surface area contributed by atoms with Crippen molar-refractivity contribution in [2.24, 2.45) is 0 Å². The lowest BCUT2D eigenvalue weighted by molar-refractivity contribution is 0.0682. The molecule has 0 aliphatic carbocycles. The third-order valence-electron chi connectivity index (χ3n) is 2.19. The van der Waals surface area contributed by atoms with E-state index in [0.717, 1.165) is 18.0 Å². The highest BCUT2D eigenvalue weighted by molar-refractivity contribution is 5.42. The highest BCUT2D eigenvalue weighted by Crippen LogP contribution is 2.36. The minimum atomic E-state index is -0.200. The molecule has 12 heavy (non-hydrogen) atoms. The van der Waals surface area contributed by atoms with Gasteiger partial charge in [0.05, 0.1) is 6.54 Å². The van der Waals surface area contributed by atoms with Crippen molar-refractivity contribution in [3.63, 3.8) is 0 Å². The lowest BCUT2D eigenvalue weighted by Gasteiger charge is -2.24. The molecule has 2 aliphatic heterocycles.